The Kier molecular flexibility index (Phi) is 6.50. The minimum atomic E-state index is -0.488. The van der Waals surface area contributed by atoms with Crippen molar-refractivity contribution < 1.29 is 9.53 Å². The van der Waals surface area contributed by atoms with Crippen LogP contribution in [0.15, 0.2) is 42.9 Å². The average molecular weight is 435 g/mol. The van der Waals surface area contributed by atoms with Crippen molar-refractivity contribution in [1.29, 1.82) is 0 Å². The first-order valence-electron chi connectivity index (χ1n) is 11.0. The van der Waals surface area contributed by atoms with Gasteiger partial charge in [-0.15, -0.1) is 0 Å². The third-order valence-electron chi connectivity index (χ3n) is 5.69. The molecule has 168 valence electrons. The molecule has 1 aliphatic rings. The monoisotopic (exact) mass is 434 g/mol. The third-order valence-corrected chi connectivity index (χ3v) is 5.69. The zero-order valence-corrected chi connectivity index (χ0v) is 18.9. The van der Waals surface area contributed by atoms with Crippen LogP contribution >= 0.6 is 0 Å². The molecule has 3 heterocycles. The Morgan fingerprint density at radius 3 is 2.84 bits per heavy atom. The van der Waals surface area contributed by atoms with E-state index in [2.05, 4.69) is 38.2 Å². The zero-order chi connectivity index (χ0) is 22.7. The number of carbonyl (C=O) groups excluding carboxylic acids is 1. The number of aryl methyl sites for hydroxylation is 1. The number of nitrogens with zero attached hydrogens (tertiary/aromatic N) is 5. The van der Waals surface area contributed by atoms with E-state index in [0.717, 1.165) is 43.2 Å². The fourth-order valence-corrected chi connectivity index (χ4v) is 4.16. The van der Waals surface area contributed by atoms with E-state index in [1.165, 1.54) is 5.56 Å². The fourth-order valence-electron chi connectivity index (χ4n) is 4.16. The van der Waals surface area contributed by atoms with Crippen LogP contribution in [-0.4, -0.2) is 49.7 Å². The second-order valence-electron chi connectivity index (χ2n) is 8.62. The standard InChI is InChI=1S/C24H30N6O2/c1-16(2)32-22-6-5-18(11-20(22)15-30-9-4-8-27-30)13-29-10-7-19(14-29)24-26-12-21(23(25)31)17(3)28-24/h4-6,8-9,11-12,16,19H,7,10,13-15H2,1-3H3,(H2,25,31). The second kappa shape index (κ2) is 9.48. The van der Waals surface area contributed by atoms with E-state index in [1.807, 2.05) is 30.8 Å². The van der Waals surface area contributed by atoms with Gasteiger partial charge in [-0.05, 0) is 57.5 Å². The molecule has 1 fully saturated rings. The summed E-state index contributed by atoms with van der Waals surface area (Å²) in [5.74, 6) is 1.45. The largest absolute Gasteiger partial charge is 0.491 e. The van der Waals surface area contributed by atoms with Crippen molar-refractivity contribution in [3.63, 3.8) is 0 Å². The van der Waals surface area contributed by atoms with Crippen LogP contribution in [0.5, 0.6) is 5.75 Å². The molecule has 8 nitrogen and oxygen atoms in total. The molecule has 1 unspecified atom stereocenters. The van der Waals surface area contributed by atoms with Gasteiger partial charge >= 0.3 is 0 Å². The number of benzene rings is 1. The summed E-state index contributed by atoms with van der Waals surface area (Å²) in [7, 11) is 0. The molecule has 0 saturated carbocycles. The molecule has 0 aliphatic carbocycles. The van der Waals surface area contributed by atoms with Crippen LogP contribution in [0.1, 0.15) is 59.2 Å². The minimum Gasteiger partial charge on any atom is -0.491 e. The highest BCUT2D eigenvalue weighted by Crippen LogP contribution is 2.28. The maximum absolute atomic E-state index is 11.4. The Balaban J connectivity index is 1.46. The van der Waals surface area contributed by atoms with E-state index in [0.29, 0.717) is 17.8 Å². The number of rotatable bonds is 8. The van der Waals surface area contributed by atoms with Gasteiger partial charge in [0, 0.05) is 43.2 Å². The second-order valence-corrected chi connectivity index (χ2v) is 8.62. The number of likely N-dealkylation sites (tertiary alicyclic amines) is 1. The summed E-state index contributed by atoms with van der Waals surface area (Å²) in [4.78, 5) is 22.8. The van der Waals surface area contributed by atoms with E-state index in [-0.39, 0.29) is 12.0 Å². The van der Waals surface area contributed by atoms with Crippen molar-refractivity contribution in [3.05, 3.63) is 71.1 Å². The molecule has 0 radical (unpaired) electrons. The van der Waals surface area contributed by atoms with Gasteiger partial charge in [0.25, 0.3) is 5.91 Å². The molecule has 32 heavy (non-hydrogen) atoms. The lowest BCUT2D eigenvalue weighted by molar-refractivity contribution is 0.0999. The van der Waals surface area contributed by atoms with Gasteiger partial charge in [-0.1, -0.05) is 6.07 Å². The quantitative estimate of drug-likeness (QED) is 0.585. The summed E-state index contributed by atoms with van der Waals surface area (Å²) < 4.78 is 7.94. The first-order chi connectivity index (χ1) is 15.4. The highest BCUT2D eigenvalue weighted by molar-refractivity contribution is 5.93. The smallest absolute Gasteiger partial charge is 0.252 e. The number of carbonyl (C=O) groups is 1. The fraction of sp³-hybridized carbons (Fsp3) is 0.417. The molecular formula is C24H30N6O2. The first-order valence-corrected chi connectivity index (χ1v) is 11.0. The molecule has 0 bridgehead atoms. The molecule has 0 spiro atoms. The summed E-state index contributed by atoms with van der Waals surface area (Å²) in [5, 5.41) is 4.34. The predicted octanol–water partition coefficient (Wildman–Crippen LogP) is 2.91. The van der Waals surface area contributed by atoms with Gasteiger partial charge in [0.1, 0.15) is 11.6 Å². The molecule has 2 N–H and O–H groups in total. The number of hydrogen-bond acceptors (Lipinski definition) is 6. The van der Waals surface area contributed by atoms with E-state index in [4.69, 9.17) is 10.5 Å². The van der Waals surface area contributed by atoms with Crippen LogP contribution in [0.4, 0.5) is 0 Å². The van der Waals surface area contributed by atoms with Gasteiger partial charge < -0.3 is 10.5 Å². The van der Waals surface area contributed by atoms with Gasteiger partial charge in [-0.3, -0.25) is 14.4 Å². The molecule has 4 rings (SSSR count). The van der Waals surface area contributed by atoms with Crippen molar-refractivity contribution in [2.45, 2.75) is 52.3 Å². The number of amides is 1. The molecule has 1 aliphatic heterocycles. The molecule has 3 aromatic rings. The predicted molar refractivity (Wildman–Crippen MR) is 121 cm³/mol. The van der Waals surface area contributed by atoms with Gasteiger partial charge in [-0.25, -0.2) is 9.97 Å². The maximum atomic E-state index is 11.4. The van der Waals surface area contributed by atoms with Crippen LogP contribution in [-0.2, 0) is 13.1 Å². The Morgan fingerprint density at radius 2 is 2.16 bits per heavy atom. The molecule has 1 amide bonds. The summed E-state index contributed by atoms with van der Waals surface area (Å²) in [6.07, 6.45) is 6.40. The van der Waals surface area contributed by atoms with Crippen LogP contribution < -0.4 is 10.5 Å². The Morgan fingerprint density at radius 1 is 1.31 bits per heavy atom. The molecule has 1 aromatic carbocycles. The summed E-state index contributed by atoms with van der Waals surface area (Å²) in [6, 6.07) is 8.35. The molecular weight excluding hydrogens is 404 g/mol. The highest BCUT2D eigenvalue weighted by Gasteiger charge is 2.27. The highest BCUT2D eigenvalue weighted by atomic mass is 16.5. The maximum Gasteiger partial charge on any atom is 0.252 e. The number of hydrogen-bond donors (Lipinski definition) is 1. The van der Waals surface area contributed by atoms with Crippen molar-refractivity contribution in [1.82, 2.24) is 24.6 Å². The SMILES string of the molecule is Cc1nc(C2CCN(Cc3ccc(OC(C)C)c(Cn4cccn4)c3)C2)ncc1C(N)=O. The topological polar surface area (TPSA) is 99.2 Å². The van der Waals surface area contributed by atoms with E-state index < -0.39 is 5.91 Å². The number of nitrogens with two attached hydrogens (primary N) is 1. The zero-order valence-electron chi connectivity index (χ0n) is 18.9. The van der Waals surface area contributed by atoms with Crippen LogP contribution in [0.25, 0.3) is 0 Å². The van der Waals surface area contributed by atoms with Gasteiger partial charge in [0.15, 0.2) is 0 Å². The normalized spacial score (nSPS) is 16.6. The Hall–Kier alpha value is -3.26. The van der Waals surface area contributed by atoms with Crippen LogP contribution in [0, 0.1) is 6.92 Å². The first kappa shape index (κ1) is 22.0. The van der Waals surface area contributed by atoms with E-state index in [1.54, 1.807) is 19.3 Å². The van der Waals surface area contributed by atoms with E-state index in [9.17, 15) is 4.79 Å². The lowest BCUT2D eigenvalue weighted by Crippen LogP contribution is -2.21. The van der Waals surface area contributed by atoms with Crippen molar-refractivity contribution in [2.75, 3.05) is 13.1 Å². The number of aromatic nitrogens is 4. The van der Waals surface area contributed by atoms with E-state index >= 15 is 0 Å². The van der Waals surface area contributed by atoms with Crippen LogP contribution in [0.3, 0.4) is 0 Å². The molecule has 1 atom stereocenters. The number of primary amides is 1. The van der Waals surface area contributed by atoms with Crippen molar-refractivity contribution in [3.8, 4) is 5.75 Å². The van der Waals surface area contributed by atoms with Gasteiger partial charge in [0.2, 0.25) is 0 Å². The van der Waals surface area contributed by atoms with Crippen molar-refractivity contribution >= 4 is 5.91 Å². The lowest BCUT2D eigenvalue weighted by atomic mass is 10.1. The Bertz CT molecular complexity index is 1080. The summed E-state index contributed by atoms with van der Waals surface area (Å²) in [5.41, 5.74) is 8.77. The van der Waals surface area contributed by atoms with Gasteiger partial charge in [0.05, 0.1) is 23.9 Å². The van der Waals surface area contributed by atoms with Crippen LogP contribution in [0.2, 0.25) is 0 Å². The lowest BCUT2D eigenvalue weighted by Gasteiger charge is -2.19. The molecule has 8 heteroatoms. The molecule has 2 aromatic heterocycles. The third kappa shape index (κ3) is 5.13. The number of ether oxygens (including phenoxy) is 1. The van der Waals surface area contributed by atoms with Crippen molar-refractivity contribution in [2.24, 2.45) is 5.73 Å². The molecule has 1 saturated heterocycles. The average Bonchev–Trinajstić information content (AvgIpc) is 3.41. The summed E-state index contributed by atoms with van der Waals surface area (Å²) >= 11 is 0. The van der Waals surface area contributed by atoms with Gasteiger partial charge in [-0.2, -0.15) is 5.10 Å². The summed E-state index contributed by atoms with van der Waals surface area (Å²) in [6.45, 7) is 9.26. The minimum absolute atomic E-state index is 0.112. The Labute approximate surface area is 188 Å².